The van der Waals surface area contributed by atoms with E-state index in [-0.39, 0.29) is 11.9 Å². The number of benzene rings is 3. The van der Waals surface area contributed by atoms with Crippen LogP contribution in [0.2, 0.25) is 0 Å². The Labute approximate surface area is 169 Å². The lowest BCUT2D eigenvalue weighted by molar-refractivity contribution is -0.115. The predicted octanol–water partition coefficient (Wildman–Crippen LogP) is 4.71. The molecular formula is C23H22N2O4. The van der Waals surface area contributed by atoms with Gasteiger partial charge in [0.25, 0.3) is 0 Å². The molecular weight excluding hydrogens is 368 g/mol. The number of hydrogen-bond donors (Lipinski definition) is 2. The van der Waals surface area contributed by atoms with E-state index in [0.717, 1.165) is 11.4 Å². The van der Waals surface area contributed by atoms with Crippen molar-refractivity contribution in [1.29, 1.82) is 0 Å². The smallest absolute Gasteiger partial charge is 0.337 e. The van der Waals surface area contributed by atoms with Gasteiger partial charge in [0.05, 0.1) is 12.7 Å². The molecule has 3 aromatic rings. The fraction of sp³-hybridized carbons (Fsp3) is 0.130. The quantitative estimate of drug-likeness (QED) is 0.545. The van der Waals surface area contributed by atoms with Gasteiger partial charge in [-0.05, 0) is 60.7 Å². The molecule has 6 nitrogen and oxygen atoms in total. The molecule has 1 amide bonds. The van der Waals surface area contributed by atoms with Crippen LogP contribution in [0.5, 0.6) is 11.5 Å². The molecule has 0 aliphatic rings. The van der Waals surface area contributed by atoms with Crippen molar-refractivity contribution in [2.75, 3.05) is 24.3 Å². The van der Waals surface area contributed by atoms with E-state index in [0.29, 0.717) is 30.0 Å². The van der Waals surface area contributed by atoms with Gasteiger partial charge in [-0.1, -0.05) is 18.2 Å². The van der Waals surface area contributed by atoms with E-state index >= 15 is 0 Å². The molecule has 0 atom stereocenters. The summed E-state index contributed by atoms with van der Waals surface area (Å²) in [5.41, 5.74) is 2.01. The first-order chi connectivity index (χ1) is 14.1. The lowest BCUT2D eigenvalue weighted by Gasteiger charge is -2.09. The second-order valence-electron chi connectivity index (χ2n) is 6.23. The summed E-state index contributed by atoms with van der Waals surface area (Å²) in [6.45, 7) is 0.471. The number of ether oxygens (including phenoxy) is 2. The number of methoxy groups -OCH3 is 1. The molecule has 3 rings (SSSR count). The summed E-state index contributed by atoms with van der Waals surface area (Å²) < 4.78 is 10.4. The Kier molecular flexibility index (Phi) is 6.84. The molecule has 2 N–H and O–H groups in total. The van der Waals surface area contributed by atoms with Gasteiger partial charge in [-0.25, -0.2) is 4.79 Å². The van der Waals surface area contributed by atoms with Crippen LogP contribution >= 0.6 is 0 Å². The number of nitrogens with one attached hydrogen (secondary N) is 2. The summed E-state index contributed by atoms with van der Waals surface area (Å²) >= 11 is 0. The topological polar surface area (TPSA) is 76.7 Å². The first-order valence-electron chi connectivity index (χ1n) is 9.19. The summed E-state index contributed by atoms with van der Waals surface area (Å²) in [5, 5.41) is 6.00. The largest absolute Gasteiger partial charge is 0.465 e. The molecule has 3 aromatic carbocycles. The van der Waals surface area contributed by atoms with Crippen molar-refractivity contribution >= 4 is 23.3 Å². The van der Waals surface area contributed by atoms with Gasteiger partial charge in [0.1, 0.15) is 11.5 Å². The van der Waals surface area contributed by atoms with Crippen LogP contribution < -0.4 is 15.4 Å². The van der Waals surface area contributed by atoms with Crippen LogP contribution in [-0.2, 0) is 9.53 Å². The van der Waals surface area contributed by atoms with Gasteiger partial charge in [-0.2, -0.15) is 0 Å². The maximum absolute atomic E-state index is 12.1. The van der Waals surface area contributed by atoms with E-state index in [1.54, 1.807) is 36.4 Å². The molecule has 0 saturated carbocycles. The van der Waals surface area contributed by atoms with E-state index in [1.807, 2.05) is 42.5 Å². The Balaban J connectivity index is 1.43. The third-order valence-electron chi connectivity index (χ3n) is 4.10. The highest BCUT2D eigenvalue weighted by Gasteiger charge is 2.06. The zero-order chi connectivity index (χ0) is 20.5. The Bertz CT molecular complexity index is 939. The number of carbonyl (C=O) groups is 2. The van der Waals surface area contributed by atoms with Crippen LogP contribution in [0.4, 0.5) is 11.4 Å². The van der Waals surface area contributed by atoms with Crippen molar-refractivity contribution in [3.05, 3.63) is 84.4 Å². The lowest BCUT2D eigenvalue weighted by atomic mass is 10.2. The van der Waals surface area contributed by atoms with Crippen molar-refractivity contribution in [3.63, 3.8) is 0 Å². The van der Waals surface area contributed by atoms with Gasteiger partial charge < -0.3 is 20.1 Å². The Hall–Kier alpha value is -3.80. The maximum atomic E-state index is 12.1. The Morgan fingerprint density at radius 1 is 0.793 bits per heavy atom. The van der Waals surface area contributed by atoms with E-state index in [1.165, 1.54) is 7.11 Å². The fourth-order valence-electron chi connectivity index (χ4n) is 2.62. The zero-order valence-corrected chi connectivity index (χ0v) is 16.1. The van der Waals surface area contributed by atoms with Crippen LogP contribution in [0, 0.1) is 0 Å². The van der Waals surface area contributed by atoms with Crippen LogP contribution in [-0.4, -0.2) is 25.5 Å². The summed E-state index contributed by atoms with van der Waals surface area (Å²) in [6, 6.07) is 23.6. The molecule has 0 bridgehead atoms. The lowest BCUT2D eigenvalue weighted by Crippen LogP contribution is -2.16. The highest BCUT2D eigenvalue weighted by molar-refractivity contribution is 5.91. The fourth-order valence-corrected chi connectivity index (χ4v) is 2.62. The Morgan fingerprint density at radius 3 is 2.07 bits per heavy atom. The van der Waals surface area contributed by atoms with Crippen molar-refractivity contribution in [2.45, 2.75) is 6.42 Å². The van der Waals surface area contributed by atoms with E-state index in [4.69, 9.17) is 4.74 Å². The zero-order valence-electron chi connectivity index (χ0n) is 16.1. The van der Waals surface area contributed by atoms with Crippen LogP contribution in [0.25, 0.3) is 0 Å². The van der Waals surface area contributed by atoms with Gasteiger partial charge >= 0.3 is 5.97 Å². The van der Waals surface area contributed by atoms with E-state index in [2.05, 4.69) is 15.4 Å². The van der Waals surface area contributed by atoms with Crippen molar-refractivity contribution in [3.8, 4) is 11.5 Å². The van der Waals surface area contributed by atoms with Crippen molar-refractivity contribution in [1.82, 2.24) is 0 Å². The van der Waals surface area contributed by atoms with Crippen molar-refractivity contribution in [2.24, 2.45) is 0 Å². The minimum Gasteiger partial charge on any atom is -0.465 e. The SMILES string of the molecule is COC(=O)c1ccc(NCCC(=O)Nc2ccc(Oc3ccccc3)cc2)cc1. The molecule has 0 saturated heterocycles. The number of carbonyl (C=O) groups excluding carboxylic acids is 2. The molecule has 0 fully saturated rings. The third-order valence-corrected chi connectivity index (χ3v) is 4.10. The van der Waals surface area contributed by atoms with Crippen LogP contribution in [0.3, 0.4) is 0 Å². The second-order valence-corrected chi connectivity index (χ2v) is 6.23. The van der Waals surface area contributed by atoms with Crippen LogP contribution in [0.1, 0.15) is 16.8 Å². The molecule has 0 radical (unpaired) electrons. The minimum atomic E-state index is -0.379. The average molecular weight is 390 g/mol. The Morgan fingerprint density at radius 2 is 1.41 bits per heavy atom. The van der Waals surface area contributed by atoms with Gasteiger partial charge in [0, 0.05) is 24.3 Å². The molecule has 0 aromatic heterocycles. The standard InChI is InChI=1S/C23H22N2O4/c1-28-23(27)17-7-9-18(10-8-17)24-16-15-22(26)25-19-11-13-21(14-12-19)29-20-5-3-2-4-6-20/h2-14,24H,15-16H2,1H3,(H,25,26). The van der Waals surface area contributed by atoms with Gasteiger partial charge in [-0.3, -0.25) is 4.79 Å². The number of hydrogen-bond acceptors (Lipinski definition) is 5. The number of esters is 1. The molecule has 148 valence electrons. The first kappa shape index (κ1) is 19.9. The molecule has 0 aliphatic carbocycles. The molecule has 6 heteroatoms. The number of amides is 1. The number of para-hydroxylation sites is 1. The number of anilines is 2. The monoisotopic (exact) mass is 390 g/mol. The second kappa shape index (κ2) is 9.94. The number of rotatable bonds is 8. The van der Waals surface area contributed by atoms with Gasteiger partial charge in [0.15, 0.2) is 0 Å². The molecule has 0 unspecified atom stereocenters. The minimum absolute atomic E-state index is 0.0968. The van der Waals surface area contributed by atoms with Crippen LogP contribution in [0.15, 0.2) is 78.9 Å². The maximum Gasteiger partial charge on any atom is 0.337 e. The first-order valence-corrected chi connectivity index (χ1v) is 9.19. The summed E-state index contributed by atoms with van der Waals surface area (Å²) in [4.78, 5) is 23.5. The molecule has 29 heavy (non-hydrogen) atoms. The van der Waals surface area contributed by atoms with Crippen molar-refractivity contribution < 1.29 is 19.1 Å². The van der Waals surface area contributed by atoms with E-state index in [9.17, 15) is 9.59 Å². The van der Waals surface area contributed by atoms with E-state index < -0.39 is 0 Å². The summed E-state index contributed by atoms with van der Waals surface area (Å²) in [7, 11) is 1.34. The highest BCUT2D eigenvalue weighted by Crippen LogP contribution is 2.22. The van der Waals surface area contributed by atoms with Gasteiger partial charge in [0.2, 0.25) is 5.91 Å². The molecule has 0 spiro atoms. The normalized spacial score (nSPS) is 10.1. The molecule has 0 heterocycles. The highest BCUT2D eigenvalue weighted by atomic mass is 16.5. The molecule has 0 aliphatic heterocycles. The van der Waals surface area contributed by atoms with Gasteiger partial charge in [-0.15, -0.1) is 0 Å². The summed E-state index contributed by atoms with van der Waals surface area (Å²) in [6.07, 6.45) is 0.307. The predicted molar refractivity (Wildman–Crippen MR) is 112 cm³/mol. The average Bonchev–Trinajstić information content (AvgIpc) is 2.76. The third kappa shape index (κ3) is 6.10. The summed E-state index contributed by atoms with van der Waals surface area (Å²) in [5.74, 6) is 0.984.